The number of hydrogen-bond acceptors (Lipinski definition) is 6. The van der Waals surface area contributed by atoms with Crippen molar-refractivity contribution in [2.75, 3.05) is 5.32 Å². The van der Waals surface area contributed by atoms with Crippen molar-refractivity contribution in [2.45, 2.75) is 13.0 Å². The molecule has 0 unspecified atom stereocenters. The zero-order valence-electron chi connectivity index (χ0n) is 13.0. The first-order valence-electron chi connectivity index (χ1n) is 7.09. The summed E-state index contributed by atoms with van der Waals surface area (Å²) in [6.45, 7) is 1.19. The Labute approximate surface area is 147 Å². The van der Waals surface area contributed by atoms with Crippen molar-refractivity contribution in [3.05, 3.63) is 63.7 Å². The third kappa shape index (κ3) is 4.92. The monoisotopic (exact) mass is 360 g/mol. The van der Waals surface area contributed by atoms with Gasteiger partial charge in [-0.05, 0) is 31.2 Å². The molecule has 2 rings (SSSR count). The molecule has 0 saturated carbocycles. The number of para-hydroxylation sites is 1. The number of hydrogen-bond donors (Lipinski definition) is 1. The van der Waals surface area contributed by atoms with Gasteiger partial charge >= 0.3 is 0 Å². The van der Waals surface area contributed by atoms with Crippen LogP contribution in [0.1, 0.15) is 6.92 Å². The van der Waals surface area contributed by atoms with Crippen molar-refractivity contribution < 1.29 is 14.5 Å². The summed E-state index contributed by atoms with van der Waals surface area (Å²) in [6, 6.07) is 10.9. The zero-order valence-corrected chi connectivity index (χ0v) is 13.8. The van der Waals surface area contributed by atoms with Crippen molar-refractivity contribution in [2.24, 2.45) is 10.2 Å². The van der Waals surface area contributed by atoms with Crippen LogP contribution in [0.2, 0.25) is 5.02 Å². The topological polar surface area (TPSA) is 114 Å². The lowest BCUT2D eigenvalue weighted by Crippen LogP contribution is -2.31. The van der Waals surface area contributed by atoms with E-state index in [1.165, 1.54) is 19.1 Å². The van der Waals surface area contributed by atoms with Crippen molar-refractivity contribution >= 4 is 40.4 Å². The van der Waals surface area contributed by atoms with Crippen LogP contribution in [0.3, 0.4) is 0 Å². The maximum absolute atomic E-state index is 12.2. The lowest BCUT2D eigenvalue weighted by atomic mass is 10.2. The number of carbonyl (C=O) groups excluding carboxylic acids is 2. The number of rotatable bonds is 6. The third-order valence-corrected chi connectivity index (χ3v) is 3.32. The highest BCUT2D eigenvalue weighted by atomic mass is 35.5. The average molecular weight is 361 g/mol. The van der Waals surface area contributed by atoms with E-state index in [4.69, 9.17) is 11.6 Å². The number of azo groups is 1. The highest BCUT2D eigenvalue weighted by Gasteiger charge is 2.24. The van der Waals surface area contributed by atoms with Gasteiger partial charge in [0.1, 0.15) is 0 Å². The van der Waals surface area contributed by atoms with Crippen molar-refractivity contribution in [1.29, 1.82) is 0 Å². The maximum atomic E-state index is 12.2. The van der Waals surface area contributed by atoms with Crippen LogP contribution in [0.4, 0.5) is 17.1 Å². The molecule has 1 N–H and O–H groups in total. The Morgan fingerprint density at radius 2 is 1.88 bits per heavy atom. The number of halogens is 1. The molecule has 25 heavy (non-hydrogen) atoms. The Kier molecular flexibility index (Phi) is 5.91. The Hall–Kier alpha value is -3.13. The highest BCUT2D eigenvalue weighted by Crippen LogP contribution is 2.30. The van der Waals surface area contributed by atoms with Gasteiger partial charge in [-0.25, -0.2) is 0 Å². The summed E-state index contributed by atoms with van der Waals surface area (Å²) < 4.78 is 0. The van der Waals surface area contributed by atoms with Crippen LogP contribution in [0.25, 0.3) is 0 Å². The van der Waals surface area contributed by atoms with E-state index in [-0.39, 0.29) is 16.4 Å². The van der Waals surface area contributed by atoms with E-state index in [1.54, 1.807) is 30.3 Å². The summed E-state index contributed by atoms with van der Waals surface area (Å²) in [5, 5.41) is 21.1. The molecule has 1 amide bonds. The van der Waals surface area contributed by atoms with Gasteiger partial charge in [0.25, 0.3) is 11.6 Å². The van der Waals surface area contributed by atoms with E-state index in [2.05, 4.69) is 15.5 Å². The van der Waals surface area contributed by atoms with Gasteiger partial charge in [0.15, 0.2) is 11.5 Å². The van der Waals surface area contributed by atoms with Gasteiger partial charge in [-0.3, -0.25) is 19.7 Å². The molecule has 128 valence electrons. The van der Waals surface area contributed by atoms with E-state index in [0.29, 0.717) is 5.69 Å². The summed E-state index contributed by atoms with van der Waals surface area (Å²) in [5.41, 5.74) is 0.0154. The smallest absolute Gasteiger partial charge is 0.298 e. The largest absolute Gasteiger partial charge is 0.324 e. The number of nitro groups is 1. The van der Waals surface area contributed by atoms with Crippen LogP contribution in [0.15, 0.2) is 58.8 Å². The fourth-order valence-electron chi connectivity index (χ4n) is 1.90. The molecular weight excluding hydrogens is 348 g/mol. The number of nitro benzene ring substituents is 1. The molecule has 0 bridgehead atoms. The standard InChI is InChI=1S/C16H13ClN4O4/c1-10(22)15(16(23)18-12-5-3-2-4-6-12)20-19-13-8-7-11(17)9-14(13)21(24)25/h2-9,15H,1H3,(H,18,23)/t15-/m0/s1. The SMILES string of the molecule is CC(=O)[C@H](N=Nc1ccc(Cl)cc1[N+](=O)[O-])C(=O)Nc1ccccc1. The number of ketones is 1. The van der Waals surface area contributed by atoms with Gasteiger partial charge in [-0.1, -0.05) is 29.8 Å². The molecule has 0 aliphatic heterocycles. The third-order valence-electron chi connectivity index (χ3n) is 3.09. The van der Waals surface area contributed by atoms with Gasteiger partial charge < -0.3 is 5.32 Å². The molecule has 2 aromatic rings. The average Bonchev–Trinajstić information content (AvgIpc) is 2.56. The zero-order chi connectivity index (χ0) is 18.4. The number of Topliss-reactive ketones (excluding diaryl/α,β-unsaturated/α-hetero) is 1. The van der Waals surface area contributed by atoms with E-state index >= 15 is 0 Å². The molecule has 0 heterocycles. The van der Waals surface area contributed by atoms with Crippen LogP contribution in [0, 0.1) is 10.1 Å². The number of anilines is 1. The van der Waals surface area contributed by atoms with Gasteiger partial charge in [0.05, 0.1) is 4.92 Å². The molecule has 0 aliphatic rings. The number of nitrogens with zero attached hydrogens (tertiary/aromatic N) is 3. The first-order chi connectivity index (χ1) is 11.9. The molecule has 0 saturated heterocycles. The van der Waals surface area contributed by atoms with E-state index in [1.807, 2.05) is 0 Å². The van der Waals surface area contributed by atoms with Crippen LogP contribution < -0.4 is 5.32 Å². The number of carbonyl (C=O) groups is 2. The second kappa shape index (κ2) is 8.11. The normalized spacial score (nSPS) is 11.9. The quantitative estimate of drug-likeness (QED) is 0.363. The van der Waals surface area contributed by atoms with Gasteiger partial charge in [-0.2, -0.15) is 5.11 Å². The molecule has 2 aromatic carbocycles. The van der Waals surface area contributed by atoms with Crippen LogP contribution in [0.5, 0.6) is 0 Å². The van der Waals surface area contributed by atoms with Crippen LogP contribution in [-0.4, -0.2) is 22.7 Å². The molecule has 0 radical (unpaired) electrons. The summed E-state index contributed by atoms with van der Waals surface area (Å²) in [7, 11) is 0. The summed E-state index contributed by atoms with van der Waals surface area (Å²) in [4.78, 5) is 34.3. The molecule has 0 fully saturated rings. The number of nitrogens with one attached hydrogen (secondary N) is 1. The van der Waals surface area contributed by atoms with E-state index in [9.17, 15) is 19.7 Å². The lowest BCUT2D eigenvalue weighted by Gasteiger charge is -2.09. The predicted molar refractivity (Wildman–Crippen MR) is 92.2 cm³/mol. The minimum Gasteiger partial charge on any atom is -0.324 e. The van der Waals surface area contributed by atoms with Crippen molar-refractivity contribution in [3.63, 3.8) is 0 Å². The first kappa shape index (κ1) is 18.2. The Balaban J connectivity index is 2.25. The van der Waals surface area contributed by atoms with Gasteiger partial charge in [-0.15, -0.1) is 5.11 Å². The van der Waals surface area contributed by atoms with Crippen LogP contribution >= 0.6 is 11.6 Å². The highest BCUT2D eigenvalue weighted by molar-refractivity contribution is 6.30. The fourth-order valence-corrected chi connectivity index (χ4v) is 2.06. The Morgan fingerprint density at radius 1 is 1.20 bits per heavy atom. The minimum atomic E-state index is -1.42. The second-order valence-corrected chi connectivity index (χ2v) is 5.41. The first-order valence-corrected chi connectivity index (χ1v) is 7.47. The molecule has 0 spiro atoms. The van der Waals surface area contributed by atoms with E-state index in [0.717, 1.165) is 6.07 Å². The molecule has 0 aromatic heterocycles. The Bertz CT molecular complexity index is 839. The van der Waals surface area contributed by atoms with E-state index < -0.39 is 22.7 Å². The van der Waals surface area contributed by atoms with Gasteiger partial charge in [0, 0.05) is 16.8 Å². The molecular formula is C16H13ClN4O4. The van der Waals surface area contributed by atoms with Gasteiger partial charge in [0.2, 0.25) is 6.04 Å². The maximum Gasteiger partial charge on any atom is 0.298 e. The summed E-state index contributed by atoms with van der Waals surface area (Å²) in [6.07, 6.45) is 0. The van der Waals surface area contributed by atoms with Crippen molar-refractivity contribution in [1.82, 2.24) is 0 Å². The molecule has 0 aliphatic carbocycles. The second-order valence-electron chi connectivity index (χ2n) is 4.97. The fraction of sp³-hybridized carbons (Fsp3) is 0.125. The molecule has 9 heteroatoms. The molecule has 8 nitrogen and oxygen atoms in total. The van der Waals surface area contributed by atoms with Crippen molar-refractivity contribution in [3.8, 4) is 0 Å². The number of benzene rings is 2. The predicted octanol–water partition coefficient (Wildman–Crippen LogP) is 3.93. The minimum absolute atomic E-state index is 0.104. The summed E-state index contributed by atoms with van der Waals surface area (Å²) >= 11 is 5.72. The lowest BCUT2D eigenvalue weighted by molar-refractivity contribution is -0.384. The number of amides is 1. The summed E-state index contributed by atoms with van der Waals surface area (Å²) in [5.74, 6) is -1.23. The Morgan fingerprint density at radius 3 is 2.48 bits per heavy atom. The molecule has 1 atom stereocenters. The van der Waals surface area contributed by atoms with Crippen LogP contribution in [-0.2, 0) is 9.59 Å².